The minimum Gasteiger partial charge on any atom is -0.494 e. The molecule has 0 atom stereocenters. The third-order valence-corrected chi connectivity index (χ3v) is 9.32. The van der Waals surface area contributed by atoms with Crippen molar-refractivity contribution in [1.82, 2.24) is 9.80 Å². The second-order valence-corrected chi connectivity index (χ2v) is 12.3. The van der Waals surface area contributed by atoms with Gasteiger partial charge in [-0.25, -0.2) is 0 Å². The standard InChI is InChI=1S/C30H43N3O4/c1-4-35-25-16-21(15-24(22-9-10-22)27(25)23-7-6-8-23)18-32-19-30(20-32)17-26(31-37-30)33-13-11-29(3,12-14-33)28(34)36-5-2/h15-16,22-23H,4-14,17-20H2,1-3H3. The second-order valence-electron chi connectivity index (χ2n) is 12.3. The zero-order valence-electron chi connectivity index (χ0n) is 22.9. The molecule has 202 valence electrons. The SMILES string of the molecule is CCOC(=O)C1(C)CCN(C2=NOC3(C2)CN(Cc2cc(OCC)c(C4CCC4)c(C4CC4)c2)C3)CC1. The molecule has 0 aromatic heterocycles. The fourth-order valence-corrected chi connectivity index (χ4v) is 6.69. The van der Waals surface area contributed by atoms with Crippen LogP contribution in [0.1, 0.15) is 101 Å². The number of carbonyl (C=O) groups excluding carboxylic acids is 1. The van der Waals surface area contributed by atoms with Gasteiger partial charge in [0.15, 0.2) is 5.60 Å². The smallest absolute Gasteiger partial charge is 0.311 e. The molecule has 5 aliphatic rings. The molecule has 1 spiro atoms. The number of esters is 1. The first-order chi connectivity index (χ1) is 17.9. The number of carbonyl (C=O) groups is 1. The molecule has 3 heterocycles. The van der Waals surface area contributed by atoms with Gasteiger partial charge in [-0.3, -0.25) is 9.69 Å². The van der Waals surface area contributed by atoms with Gasteiger partial charge in [0.1, 0.15) is 11.6 Å². The third kappa shape index (κ3) is 4.84. The number of amidine groups is 1. The van der Waals surface area contributed by atoms with Gasteiger partial charge in [0, 0.05) is 38.3 Å². The van der Waals surface area contributed by atoms with E-state index in [9.17, 15) is 4.79 Å². The normalized spacial score (nSPS) is 24.7. The van der Waals surface area contributed by atoms with Crippen LogP contribution >= 0.6 is 0 Å². The molecule has 4 fully saturated rings. The maximum atomic E-state index is 12.4. The van der Waals surface area contributed by atoms with Crippen LogP contribution in [0.25, 0.3) is 0 Å². The van der Waals surface area contributed by atoms with Crippen molar-refractivity contribution in [2.24, 2.45) is 10.6 Å². The average Bonchev–Trinajstić information content (AvgIpc) is 3.58. The van der Waals surface area contributed by atoms with Gasteiger partial charge in [0.25, 0.3) is 0 Å². The van der Waals surface area contributed by atoms with Crippen LogP contribution in [0.4, 0.5) is 0 Å². The lowest BCUT2D eigenvalue weighted by Gasteiger charge is -2.46. The third-order valence-electron chi connectivity index (χ3n) is 9.32. The number of nitrogens with zero attached hydrogens (tertiary/aromatic N) is 3. The van der Waals surface area contributed by atoms with E-state index >= 15 is 0 Å². The van der Waals surface area contributed by atoms with Crippen molar-refractivity contribution in [1.29, 1.82) is 0 Å². The molecular formula is C30H43N3O4. The van der Waals surface area contributed by atoms with E-state index in [1.54, 1.807) is 5.56 Å². The van der Waals surface area contributed by atoms with E-state index in [-0.39, 0.29) is 17.0 Å². The van der Waals surface area contributed by atoms with Crippen molar-refractivity contribution in [3.05, 3.63) is 28.8 Å². The fraction of sp³-hybridized carbons (Fsp3) is 0.733. The topological polar surface area (TPSA) is 63.6 Å². The van der Waals surface area contributed by atoms with Gasteiger partial charge in [0.2, 0.25) is 0 Å². The van der Waals surface area contributed by atoms with Gasteiger partial charge in [-0.15, -0.1) is 0 Å². The van der Waals surface area contributed by atoms with E-state index < -0.39 is 0 Å². The van der Waals surface area contributed by atoms with Gasteiger partial charge < -0.3 is 19.2 Å². The molecule has 37 heavy (non-hydrogen) atoms. The van der Waals surface area contributed by atoms with Crippen molar-refractivity contribution in [3.63, 3.8) is 0 Å². The molecule has 7 nitrogen and oxygen atoms in total. The summed E-state index contributed by atoms with van der Waals surface area (Å²) in [6.07, 6.45) is 9.08. The molecule has 1 aromatic rings. The molecule has 0 radical (unpaired) electrons. The Bertz CT molecular complexity index is 1050. The fourth-order valence-electron chi connectivity index (χ4n) is 6.69. The molecule has 2 saturated heterocycles. The molecular weight excluding hydrogens is 466 g/mol. The molecule has 7 heteroatoms. The van der Waals surface area contributed by atoms with Gasteiger partial charge in [-0.1, -0.05) is 17.6 Å². The summed E-state index contributed by atoms with van der Waals surface area (Å²) in [5.74, 6) is 3.56. The predicted molar refractivity (Wildman–Crippen MR) is 143 cm³/mol. The minimum atomic E-state index is -0.384. The molecule has 0 N–H and O–H groups in total. The number of hydrogen-bond acceptors (Lipinski definition) is 7. The van der Waals surface area contributed by atoms with Crippen molar-refractivity contribution in [3.8, 4) is 5.75 Å². The Balaban J connectivity index is 1.05. The molecule has 2 saturated carbocycles. The minimum absolute atomic E-state index is 0.0663. The average molecular weight is 510 g/mol. The van der Waals surface area contributed by atoms with Crippen LogP contribution in [-0.4, -0.2) is 66.6 Å². The first-order valence-corrected chi connectivity index (χ1v) is 14.6. The summed E-state index contributed by atoms with van der Waals surface area (Å²) in [6.45, 7) is 11.6. The van der Waals surface area contributed by atoms with Crippen molar-refractivity contribution in [2.75, 3.05) is 39.4 Å². The van der Waals surface area contributed by atoms with E-state index in [1.165, 1.54) is 43.2 Å². The van der Waals surface area contributed by atoms with Crippen molar-refractivity contribution >= 4 is 11.8 Å². The summed E-state index contributed by atoms with van der Waals surface area (Å²) in [7, 11) is 0. The Kier molecular flexibility index (Phi) is 6.62. The highest BCUT2D eigenvalue weighted by Crippen LogP contribution is 2.51. The molecule has 0 amide bonds. The molecule has 2 aliphatic carbocycles. The van der Waals surface area contributed by atoms with Crippen LogP contribution in [-0.2, 0) is 20.9 Å². The van der Waals surface area contributed by atoms with Crippen LogP contribution in [0.5, 0.6) is 5.75 Å². The molecule has 1 aromatic carbocycles. The Morgan fingerprint density at radius 1 is 1.08 bits per heavy atom. The lowest BCUT2D eigenvalue weighted by atomic mass is 9.76. The number of ether oxygens (including phenoxy) is 2. The lowest BCUT2D eigenvalue weighted by Crippen LogP contribution is -2.61. The van der Waals surface area contributed by atoms with Crippen LogP contribution < -0.4 is 4.74 Å². The summed E-state index contributed by atoms with van der Waals surface area (Å²) in [5, 5.41) is 4.52. The largest absolute Gasteiger partial charge is 0.494 e. The van der Waals surface area contributed by atoms with Crippen LogP contribution in [0.3, 0.4) is 0 Å². The maximum absolute atomic E-state index is 12.4. The van der Waals surface area contributed by atoms with Crippen LogP contribution in [0.2, 0.25) is 0 Å². The van der Waals surface area contributed by atoms with Crippen molar-refractivity contribution in [2.45, 2.75) is 96.1 Å². The number of piperidine rings is 1. The monoisotopic (exact) mass is 509 g/mol. The lowest BCUT2D eigenvalue weighted by molar-refractivity contribution is -0.156. The number of rotatable bonds is 8. The quantitative estimate of drug-likeness (QED) is 0.450. The number of hydrogen-bond donors (Lipinski definition) is 0. The molecule has 3 aliphatic heterocycles. The van der Waals surface area contributed by atoms with E-state index in [2.05, 4.69) is 34.0 Å². The van der Waals surface area contributed by atoms with Gasteiger partial charge in [-0.05, 0) is 88.3 Å². The van der Waals surface area contributed by atoms with E-state index in [1.807, 2.05) is 13.8 Å². The summed E-state index contributed by atoms with van der Waals surface area (Å²) in [6, 6.07) is 4.81. The highest BCUT2D eigenvalue weighted by atomic mass is 16.7. The molecule has 0 bridgehead atoms. The number of benzene rings is 1. The summed E-state index contributed by atoms with van der Waals surface area (Å²) >= 11 is 0. The summed E-state index contributed by atoms with van der Waals surface area (Å²) in [5.41, 5.74) is 3.90. The Labute approximate surface area is 221 Å². The summed E-state index contributed by atoms with van der Waals surface area (Å²) < 4.78 is 11.5. The van der Waals surface area contributed by atoms with Crippen molar-refractivity contribution < 1.29 is 19.1 Å². The maximum Gasteiger partial charge on any atom is 0.311 e. The highest BCUT2D eigenvalue weighted by Gasteiger charge is 2.51. The van der Waals surface area contributed by atoms with E-state index in [0.29, 0.717) is 12.5 Å². The zero-order chi connectivity index (χ0) is 25.6. The van der Waals surface area contributed by atoms with Crippen LogP contribution in [0.15, 0.2) is 17.3 Å². The van der Waals surface area contributed by atoms with Gasteiger partial charge in [-0.2, -0.15) is 0 Å². The zero-order valence-corrected chi connectivity index (χ0v) is 22.9. The van der Waals surface area contributed by atoms with Gasteiger partial charge in [0.05, 0.1) is 25.0 Å². The summed E-state index contributed by atoms with van der Waals surface area (Å²) in [4.78, 5) is 23.2. The second kappa shape index (κ2) is 9.79. The molecule has 6 rings (SSSR count). The number of likely N-dealkylation sites (tertiary alicyclic amines) is 2. The highest BCUT2D eigenvalue weighted by molar-refractivity contribution is 5.85. The van der Waals surface area contributed by atoms with E-state index in [4.69, 9.17) is 14.3 Å². The van der Waals surface area contributed by atoms with Gasteiger partial charge >= 0.3 is 5.97 Å². The predicted octanol–water partition coefficient (Wildman–Crippen LogP) is 5.18. The van der Waals surface area contributed by atoms with Crippen LogP contribution in [0, 0.1) is 5.41 Å². The molecule has 0 unspecified atom stereocenters. The Morgan fingerprint density at radius 2 is 1.84 bits per heavy atom. The van der Waals surface area contributed by atoms with E-state index in [0.717, 1.165) is 76.1 Å². The Morgan fingerprint density at radius 3 is 2.46 bits per heavy atom. The first-order valence-electron chi connectivity index (χ1n) is 14.6. The Hall–Kier alpha value is -2.28. The first kappa shape index (κ1) is 25.0. The number of oxime groups is 1.